The number of aliphatic carboxylic acids is 2. The zero-order valence-electron chi connectivity index (χ0n) is 29.4. The first kappa shape index (κ1) is 37.2. The van der Waals surface area contributed by atoms with Crippen molar-refractivity contribution in [1.82, 2.24) is 14.8 Å². The number of hydrogen-bond donors (Lipinski definition) is 2. The summed E-state index contributed by atoms with van der Waals surface area (Å²) in [5.74, 6) is -5.63. The number of hydrogen-bond acceptors (Lipinski definition) is 11. The van der Waals surface area contributed by atoms with E-state index in [1.807, 2.05) is 32.9 Å². The van der Waals surface area contributed by atoms with Crippen LogP contribution in [-0.2, 0) is 28.8 Å². The van der Waals surface area contributed by atoms with E-state index >= 15 is 0 Å². The number of oxime groups is 1. The first-order chi connectivity index (χ1) is 23.3. The van der Waals surface area contributed by atoms with Crippen LogP contribution >= 0.6 is 23.1 Å². The molecule has 2 saturated heterocycles. The average molecular weight is 727 g/mol. The van der Waals surface area contributed by atoms with Gasteiger partial charge in [0.05, 0.1) is 10.9 Å². The Morgan fingerprint density at radius 3 is 2.34 bits per heavy atom. The fourth-order valence-corrected chi connectivity index (χ4v) is 9.67. The molecule has 2 unspecified atom stereocenters. The minimum Gasteiger partial charge on any atom is -0.479 e. The summed E-state index contributed by atoms with van der Waals surface area (Å²) in [6.45, 7) is 13.9. The maximum Gasteiger partial charge on any atom is 0.350 e. The van der Waals surface area contributed by atoms with Crippen LogP contribution in [0.4, 0.5) is 4.79 Å². The first-order valence-electron chi connectivity index (χ1n) is 16.4. The second-order valence-electron chi connectivity index (χ2n) is 13.9. The lowest BCUT2D eigenvalue weighted by Gasteiger charge is -2.37. The fourth-order valence-electron chi connectivity index (χ4n) is 6.93. The van der Waals surface area contributed by atoms with Crippen molar-refractivity contribution in [2.45, 2.75) is 89.9 Å². The fraction of sp³-hybridized carbons (Fsp3) is 0.543. The number of ketones is 3. The standard InChI is InChI=1S/C35H42N4O9S2/c1-16-9-10-22(18(3)17(16)2)25(19(4)40)15-38-11-12-39(33(38)47)35(32(45)46)14-24-29(42)23(30(24)50-35)13-26(41)28(27-20(5)49-21(6)36-27)37-48-34(7,8)31(43)44/h9-10,23-25,30H,11-15H2,1-8H3,(H,43,44)(H,45,46)/b37-28+/t23-,24?,25?,30-,35-/m1/s1. The number of urea groups is 1. The highest BCUT2D eigenvalue weighted by molar-refractivity contribution is 8.02. The van der Waals surface area contributed by atoms with Crippen molar-refractivity contribution in [2.75, 3.05) is 19.6 Å². The van der Waals surface area contributed by atoms with Crippen molar-refractivity contribution < 1.29 is 43.8 Å². The molecule has 0 radical (unpaired) electrons. The smallest absolute Gasteiger partial charge is 0.350 e. The van der Waals surface area contributed by atoms with Crippen molar-refractivity contribution in [3.8, 4) is 0 Å². The van der Waals surface area contributed by atoms with Gasteiger partial charge in [0.1, 0.15) is 17.3 Å². The summed E-state index contributed by atoms with van der Waals surface area (Å²) in [6, 6.07) is 3.34. The van der Waals surface area contributed by atoms with Gasteiger partial charge >= 0.3 is 18.0 Å². The van der Waals surface area contributed by atoms with Gasteiger partial charge in [-0.1, -0.05) is 17.3 Å². The van der Waals surface area contributed by atoms with Crippen LogP contribution in [0.25, 0.3) is 0 Å². The van der Waals surface area contributed by atoms with Crippen LogP contribution < -0.4 is 0 Å². The number of aryl methyl sites for hydroxylation is 3. The van der Waals surface area contributed by atoms with Gasteiger partial charge in [-0.05, 0) is 77.6 Å². The van der Waals surface area contributed by atoms with Crippen molar-refractivity contribution in [3.05, 3.63) is 50.0 Å². The predicted octanol–water partition coefficient (Wildman–Crippen LogP) is 4.44. The minimum absolute atomic E-state index is 0.0929. The van der Waals surface area contributed by atoms with E-state index in [0.29, 0.717) is 9.88 Å². The molecule has 0 bridgehead atoms. The predicted molar refractivity (Wildman–Crippen MR) is 187 cm³/mol. The van der Waals surface area contributed by atoms with Gasteiger partial charge in [0.25, 0.3) is 0 Å². The summed E-state index contributed by atoms with van der Waals surface area (Å²) in [6.07, 6.45) is -0.418. The normalized spacial score (nSPS) is 24.2. The van der Waals surface area contributed by atoms with Crippen molar-refractivity contribution in [2.24, 2.45) is 17.0 Å². The Hall–Kier alpha value is -4.11. The van der Waals surface area contributed by atoms with E-state index in [-0.39, 0.29) is 55.4 Å². The van der Waals surface area contributed by atoms with Gasteiger partial charge in [0.15, 0.2) is 16.4 Å². The zero-order valence-corrected chi connectivity index (χ0v) is 31.0. The number of carboxylic acids is 2. The number of carbonyl (C=O) groups excluding carboxylic acids is 4. The van der Waals surface area contributed by atoms with Crippen molar-refractivity contribution in [3.63, 3.8) is 0 Å². The van der Waals surface area contributed by atoms with Crippen LogP contribution in [0.5, 0.6) is 0 Å². The average Bonchev–Trinajstić information content (AvgIpc) is 3.70. The quantitative estimate of drug-likeness (QED) is 0.220. The molecule has 5 atom stereocenters. The van der Waals surface area contributed by atoms with Gasteiger partial charge in [-0.2, -0.15) is 0 Å². The number of Topliss-reactive ketones (excluding diaryl/α,β-unsaturated/α-hetero) is 3. The number of rotatable bonds is 13. The monoisotopic (exact) mass is 726 g/mol. The zero-order chi connectivity index (χ0) is 37.0. The molecule has 3 heterocycles. The van der Waals surface area contributed by atoms with E-state index in [9.17, 15) is 39.0 Å². The number of aromatic nitrogens is 1. The van der Waals surface area contributed by atoms with Crippen LogP contribution in [0.3, 0.4) is 0 Å². The Kier molecular flexibility index (Phi) is 10.1. The molecule has 268 valence electrons. The maximum atomic E-state index is 13.9. The Bertz CT molecular complexity index is 1840. The van der Waals surface area contributed by atoms with Gasteiger partial charge in [-0.3, -0.25) is 19.3 Å². The van der Waals surface area contributed by atoms with E-state index in [0.717, 1.165) is 34.0 Å². The van der Waals surface area contributed by atoms with Crippen LogP contribution in [-0.4, -0.2) is 101 Å². The number of carboxylic acid groups (broad SMARTS) is 2. The summed E-state index contributed by atoms with van der Waals surface area (Å²) >= 11 is 2.33. The van der Waals surface area contributed by atoms with Crippen LogP contribution in [0.2, 0.25) is 0 Å². The lowest BCUT2D eigenvalue weighted by Crippen LogP contribution is -2.53. The third-order valence-electron chi connectivity index (χ3n) is 10.3. The largest absolute Gasteiger partial charge is 0.479 e. The molecule has 2 aliphatic heterocycles. The number of nitrogens with zero attached hydrogens (tertiary/aromatic N) is 4. The number of amides is 2. The van der Waals surface area contributed by atoms with Crippen LogP contribution in [0.1, 0.15) is 77.4 Å². The molecule has 2 amide bonds. The second-order valence-corrected chi connectivity index (χ2v) is 16.7. The van der Waals surface area contributed by atoms with E-state index < -0.39 is 57.2 Å². The van der Waals surface area contributed by atoms with E-state index in [1.54, 1.807) is 13.8 Å². The topological polar surface area (TPSA) is 184 Å². The van der Waals surface area contributed by atoms with Crippen molar-refractivity contribution >= 4 is 64.1 Å². The number of thioether (sulfide) groups is 1. The van der Waals surface area contributed by atoms with Gasteiger partial charge in [0, 0.05) is 54.4 Å². The summed E-state index contributed by atoms with van der Waals surface area (Å²) in [4.78, 5) is 90.0. The molecule has 1 aromatic heterocycles. The Balaban J connectivity index is 1.35. The van der Waals surface area contributed by atoms with Crippen molar-refractivity contribution in [1.29, 1.82) is 0 Å². The molecule has 15 heteroatoms. The Labute approximate surface area is 298 Å². The van der Waals surface area contributed by atoms with E-state index in [4.69, 9.17) is 4.84 Å². The Morgan fingerprint density at radius 2 is 1.76 bits per heavy atom. The molecule has 13 nitrogen and oxygen atoms in total. The number of thiazole rings is 1. The molecule has 3 fully saturated rings. The van der Waals surface area contributed by atoms with Gasteiger partial charge in [-0.25, -0.2) is 19.4 Å². The number of fused-ring (bicyclic) bond motifs is 1. The summed E-state index contributed by atoms with van der Waals surface area (Å²) in [7, 11) is 0. The summed E-state index contributed by atoms with van der Waals surface area (Å²) in [5, 5.41) is 24.1. The third-order valence-corrected chi connectivity index (χ3v) is 13.0. The van der Waals surface area contributed by atoms with Gasteiger partial charge in [-0.15, -0.1) is 23.1 Å². The highest BCUT2D eigenvalue weighted by atomic mass is 32.2. The third kappa shape index (κ3) is 6.45. The molecule has 3 aliphatic rings. The van der Waals surface area contributed by atoms with Crippen LogP contribution in [0.15, 0.2) is 17.3 Å². The van der Waals surface area contributed by atoms with Gasteiger partial charge < -0.3 is 20.0 Å². The summed E-state index contributed by atoms with van der Waals surface area (Å²) < 4.78 is 0. The molecule has 0 spiro atoms. The molecular formula is C35H42N4O9S2. The minimum atomic E-state index is -1.75. The molecule has 1 saturated carbocycles. The Morgan fingerprint density at radius 1 is 1.08 bits per heavy atom. The maximum absolute atomic E-state index is 13.9. The molecular weight excluding hydrogens is 685 g/mol. The van der Waals surface area contributed by atoms with E-state index in [2.05, 4.69) is 10.1 Å². The lowest BCUT2D eigenvalue weighted by molar-refractivity contribution is -0.161. The molecule has 5 rings (SSSR count). The van der Waals surface area contributed by atoms with Gasteiger partial charge in [0.2, 0.25) is 5.60 Å². The molecule has 1 aromatic carbocycles. The van der Waals surface area contributed by atoms with E-state index in [1.165, 1.54) is 41.9 Å². The number of carbonyl (C=O) groups is 6. The second kappa shape index (κ2) is 13.5. The molecule has 2 N–H and O–H groups in total. The molecule has 1 aliphatic carbocycles. The number of benzene rings is 1. The lowest BCUT2D eigenvalue weighted by atomic mass is 9.68. The molecule has 50 heavy (non-hydrogen) atoms. The molecule has 2 aromatic rings. The highest BCUT2D eigenvalue weighted by Gasteiger charge is 2.67. The first-order valence-corrected chi connectivity index (χ1v) is 18.1. The SMILES string of the molecule is CC(=O)C(CN1CCN([C@]2(C(=O)O)CC3C(=O)[C@@H](CC(=O)/C(=N\OC(C)(C)C(=O)O)c4nc(C)sc4C)[C@H]3S2)C1=O)c1ccc(C)c(C)c1C. The highest BCUT2D eigenvalue weighted by Crippen LogP contribution is 2.59. The summed E-state index contributed by atoms with van der Waals surface area (Å²) in [5.41, 5.74) is 2.23. The van der Waals surface area contributed by atoms with Crippen LogP contribution in [0, 0.1) is 46.5 Å².